The number of aliphatic hydroxyl groups excluding tert-OH is 4. The van der Waals surface area contributed by atoms with E-state index < -0.39 is 37.3 Å². The van der Waals surface area contributed by atoms with Crippen molar-refractivity contribution in [2.24, 2.45) is 0 Å². The first-order chi connectivity index (χ1) is 9.04. The largest absolute Gasteiger partial charge is 0.461 e. The maximum Gasteiger partial charge on any atom is 0.229 e. The Morgan fingerprint density at radius 3 is 2.42 bits per heavy atom. The highest BCUT2D eigenvalue weighted by molar-refractivity contribution is 14.1. The van der Waals surface area contributed by atoms with Gasteiger partial charge < -0.3 is 29.9 Å². The minimum atomic E-state index is -1.43. The molecule has 0 radical (unpaired) electrons. The van der Waals surface area contributed by atoms with Gasteiger partial charge in [0.05, 0.1) is 10.2 Å². The van der Waals surface area contributed by atoms with Crippen molar-refractivity contribution in [2.75, 3.05) is 6.61 Å². The summed E-state index contributed by atoms with van der Waals surface area (Å²) in [5, 5.41) is 38.2. The summed E-state index contributed by atoms with van der Waals surface area (Å²) in [4.78, 5) is 0. The Hall–Kier alpha value is -0.450. The molecule has 1 aromatic rings. The van der Waals surface area contributed by atoms with Gasteiger partial charge in [-0.1, -0.05) is 12.1 Å². The molecule has 1 saturated heterocycles. The molecule has 3 unspecified atom stereocenters. The van der Waals surface area contributed by atoms with Gasteiger partial charge in [-0.2, -0.15) is 0 Å². The molecule has 0 aliphatic carbocycles. The van der Waals surface area contributed by atoms with E-state index >= 15 is 0 Å². The molecule has 1 aromatic carbocycles. The topological polar surface area (TPSA) is 99.4 Å². The fourth-order valence-corrected chi connectivity index (χ4v) is 2.34. The van der Waals surface area contributed by atoms with Crippen molar-refractivity contribution in [3.05, 3.63) is 27.8 Å². The first-order valence-corrected chi connectivity index (χ1v) is 6.84. The predicted octanol–water partition coefficient (Wildman–Crippen LogP) is -0.530. The second-order valence-corrected chi connectivity index (χ2v) is 5.41. The first kappa shape index (κ1) is 14.9. The lowest BCUT2D eigenvalue weighted by molar-refractivity contribution is -0.277. The highest BCUT2D eigenvalue weighted by atomic mass is 127. The van der Waals surface area contributed by atoms with E-state index in [0.717, 1.165) is 3.57 Å². The fourth-order valence-electron chi connectivity index (χ4n) is 1.83. The van der Waals surface area contributed by atoms with Crippen LogP contribution in [0.4, 0.5) is 0 Å². The van der Waals surface area contributed by atoms with Crippen molar-refractivity contribution >= 4 is 22.6 Å². The van der Waals surface area contributed by atoms with E-state index in [1.54, 1.807) is 12.1 Å². The van der Waals surface area contributed by atoms with E-state index in [0.29, 0.717) is 5.75 Å². The van der Waals surface area contributed by atoms with Crippen LogP contribution in [0.15, 0.2) is 24.3 Å². The molecule has 6 nitrogen and oxygen atoms in total. The summed E-state index contributed by atoms with van der Waals surface area (Å²) in [5.74, 6) is 0.493. The number of aliphatic hydroxyl groups is 4. The molecule has 7 heteroatoms. The summed E-state index contributed by atoms with van der Waals surface area (Å²) in [6, 6.07) is 7.12. The van der Waals surface area contributed by atoms with Crippen molar-refractivity contribution in [2.45, 2.75) is 30.7 Å². The lowest BCUT2D eigenvalue weighted by atomic mass is 9.99. The van der Waals surface area contributed by atoms with Crippen LogP contribution in [-0.4, -0.2) is 57.7 Å². The number of halogens is 1. The van der Waals surface area contributed by atoms with Crippen LogP contribution in [0, 0.1) is 3.57 Å². The molecule has 2 rings (SSSR count). The molecule has 1 aliphatic heterocycles. The Morgan fingerprint density at radius 2 is 1.79 bits per heavy atom. The van der Waals surface area contributed by atoms with E-state index in [4.69, 9.17) is 14.6 Å². The van der Waals surface area contributed by atoms with Crippen molar-refractivity contribution in [3.8, 4) is 5.75 Å². The molecule has 19 heavy (non-hydrogen) atoms. The van der Waals surface area contributed by atoms with Gasteiger partial charge in [0.25, 0.3) is 0 Å². The van der Waals surface area contributed by atoms with Crippen LogP contribution in [-0.2, 0) is 4.74 Å². The van der Waals surface area contributed by atoms with Gasteiger partial charge in [0.15, 0.2) is 0 Å². The first-order valence-electron chi connectivity index (χ1n) is 5.76. The van der Waals surface area contributed by atoms with Gasteiger partial charge in [0.1, 0.15) is 30.2 Å². The van der Waals surface area contributed by atoms with Crippen molar-refractivity contribution < 1.29 is 29.9 Å². The summed E-state index contributed by atoms with van der Waals surface area (Å²) < 4.78 is 11.6. The van der Waals surface area contributed by atoms with Crippen LogP contribution in [0.1, 0.15) is 0 Å². The van der Waals surface area contributed by atoms with E-state index in [-0.39, 0.29) is 0 Å². The second-order valence-electron chi connectivity index (χ2n) is 4.25. The molecular weight excluding hydrogens is 367 g/mol. The average molecular weight is 382 g/mol. The minimum Gasteiger partial charge on any atom is -0.461 e. The maximum absolute atomic E-state index is 9.83. The van der Waals surface area contributed by atoms with Gasteiger partial charge in [-0.05, 0) is 34.7 Å². The molecular formula is C12H15IO6. The Bertz CT molecular complexity index is 426. The third-order valence-corrected chi connectivity index (χ3v) is 3.82. The Balaban J connectivity index is 2.13. The fraction of sp³-hybridized carbons (Fsp3) is 0.500. The zero-order chi connectivity index (χ0) is 14.0. The van der Waals surface area contributed by atoms with Gasteiger partial charge in [0.2, 0.25) is 6.29 Å². The number of benzene rings is 1. The van der Waals surface area contributed by atoms with Crippen LogP contribution >= 0.6 is 22.6 Å². The van der Waals surface area contributed by atoms with Gasteiger partial charge in [-0.3, -0.25) is 0 Å². The lowest BCUT2D eigenvalue weighted by Gasteiger charge is -2.39. The SMILES string of the molecule is OCC1O[C@@H](Oc2ccccc2I)C(O)C(O)[C@@H]1O. The van der Waals surface area contributed by atoms with E-state index in [1.807, 2.05) is 12.1 Å². The lowest BCUT2D eigenvalue weighted by Crippen LogP contribution is -2.60. The smallest absolute Gasteiger partial charge is 0.229 e. The van der Waals surface area contributed by atoms with Crippen molar-refractivity contribution in [1.82, 2.24) is 0 Å². The zero-order valence-electron chi connectivity index (χ0n) is 9.89. The average Bonchev–Trinajstić information content (AvgIpc) is 2.41. The van der Waals surface area contributed by atoms with Crippen molar-refractivity contribution in [3.63, 3.8) is 0 Å². The highest BCUT2D eigenvalue weighted by Crippen LogP contribution is 2.26. The van der Waals surface area contributed by atoms with Crippen molar-refractivity contribution in [1.29, 1.82) is 0 Å². The summed E-state index contributed by atoms with van der Waals surface area (Å²) >= 11 is 2.06. The summed E-state index contributed by atoms with van der Waals surface area (Å²) in [6.45, 7) is -0.476. The van der Waals surface area contributed by atoms with Gasteiger partial charge in [0, 0.05) is 0 Å². The van der Waals surface area contributed by atoms with E-state index in [1.165, 1.54) is 0 Å². The van der Waals surface area contributed by atoms with Gasteiger partial charge in [-0.25, -0.2) is 0 Å². The van der Waals surface area contributed by atoms with Gasteiger partial charge >= 0.3 is 0 Å². The molecule has 0 bridgehead atoms. The molecule has 1 aliphatic rings. The predicted molar refractivity (Wildman–Crippen MR) is 73.6 cm³/mol. The Labute approximate surface area is 123 Å². The van der Waals surface area contributed by atoms with E-state index in [9.17, 15) is 15.3 Å². The minimum absolute atomic E-state index is 0.476. The summed E-state index contributed by atoms with van der Waals surface area (Å²) in [7, 11) is 0. The van der Waals surface area contributed by atoms with E-state index in [2.05, 4.69) is 22.6 Å². The third-order valence-electron chi connectivity index (χ3n) is 2.93. The number of ether oxygens (including phenoxy) is 2. The number of rotatable bonds is 3. The Morgan fingerprint density at radius 1 is 1.11 bits per heavy atom. The van der Waals surface area contributed by atoms with Crippen LogP contribution in [0.2, 0.25) is 0 Å². The van der Waals surface area contributed by atoms with Crippen LogP contribution in [0.3, 0.4) is 0 Å². The number of para-hydroxylation sites is 1. The molecule has 0 spiro atoms. The molecule has 0 amide bonds. The maximum atomic E-state index is 9.83. The third kappa shape index (κ3) is 3.18. The van der Waals surface area contributed by atoms with Gasteiger partial charge in [-0.15, -0.1) is 0 Å². The quantitative estimate of drug-likeness (QED) is 0.525. The molecule has 106 valence electrons. The second kappa shape index (κ2) is 6.33. The standard InChI is InChI=1S/C12H15IO6/c13-6-3-1-2-4-7(6)18-12-11(17)10(16)9(15)8(5-14)19-12/h1-4,8-12,14-17H,5H2/t8?,9-,10?,11?,12-/m1/s1. The van der Waals surface area contributed by atoms with Crippen LogP contribution in [0.25, 0.3) is 0 Å². The Kier molecular flexibility index (Phi) is 4.98. The normalized spacial score (nSPS) is 35.1. The van der Waals surface area contributed by atoms with Crippen LogP contribution in [0.5, 0.6) is 5.75 Å². The number of hydrogen-bond donors (Lipinski definition) is 4. The molecule has 0 aromatic heterocycles. The molecule has 4 N–H and O–H groups in total. The highest BCUT2D eigenvalue weighted by Gasteiger charge is 2.44. The number of hydrogen-bond acceptors (Lipinski definition) is 6. The summed E-state index contributed by atoms with van der Waals surface area (Å²) in [5.41, 5.74) is 0. The molecule has 0 saturated carbocycles. The summed E-state index contributed by atoms with van der Waals surface area (Å²) in [6.07, 6.45) is -6.32. The molecule has 5 atom stereocenters. The van der Waals surface area contributed by atoms with Crippen LogP contribution < -0.4 is 4.74 Å². The monoisotopic (exact) mass is 382 g/mol. The molecule has 1 fully saturated rings. The molecule has 1 heterocycles. The zero-order valence-corrected chi connectivity index (χ0v) is 12.0.